The SMILES string of the molecule is COc1ccc(CN2CCc3nnc(C(C)NC(=O)C4CC4)n3CC2)cc1OC. The van der Waals surface area contributed by atoms with Crippen LogP contribution in [-0.4, -0.2) is 52.9 Å². The second-order valence-corrected chi connectivity index (χ2v) is 7.85. The molecule has 1 saturated carbocycles. The summed E-state index contributed by atoms with van der Waals surface area (Å²) in [6.45, 7) is 5.45. The molecular formula is C21H29N5O3. The van der Waals surface area contributed by atoms with Gasteiger partial charge in [0.15, 0.2) is 17.3 Å². The van der Waals surface area contributed by atoms with Gasteiger partial charge < -0.3 is 19.4 Å². The van der Waals surface area contributed by atoms with Crippen molar-refractivity contribution in [1.82, 2.24) is 25.0 Å². The topological polar surface area (TPSA) is 81.5 Å². The summed E-state index contributed by atoms with van der Waals surface area (Å²) in [7, 11) is 3.30. The maximum atomic E-state index is 12.1. The number of nitrogens with zero attached hydrogens (tertiary/aromatic N) is 4. The first-order valence-electron chi connectivity index (χ1n) is 10.2. The van der Waals surface area contributed by atoms with Gasteiger partial charge in [-0.25, -0.2) is 0 Å². The van der Waals surface area contributed by atoms with Gasteiger partial charge in [0, 0.05) is 38.5 Å². The number of rotatable bonds is 7. The fraction of sp³-hybridized carbons (Fsp3) is 0.571. The summed E-state index contributed by atoms with van der Waals surface area (Å²) in [5.41, 5.74) is 1.19. The Bertz CT molecular complexity index is 877. The van der Waals surface area contributed by atoms with Gasteiger partial charge >= 0.3 is 0 Å². The van der Waals surface area contributed by atoms with E-state index in [2.05, 4.69) is 31.0 Å². The Morgan fingerprint density at radius 1 is 1.17 bits per heavy atom. The number of nitrogens with one attached hydrogen (secondary N) is 1. The first-order valence-corrected chi connectivity index (χ1v) is 10.2. The monoisotopic (exact) mass is 399 g/mol. The van der Waals surface area contributed by atoms with E-state index in [-0.39, 0.29) is 17.9 Å². The molecule has 1 atom stereocenters. The lowest BCUT2D eigenvalue weighted by Crippen LogP contribution is -2.31. The molecule has 29 heavy (non-hydrogen) atoms. The number of hydrogen-bond acceptors (Lipinski definition) is 6. The normalized spacial score (nSPS) is 17.9. The summed E-state index contributed by atoms with van der Waals surface area (Å²) in [6.07, 6.45) is 2.84. The fourth-order valence-electron chi connectivity index (χ4n) is 3.85. The van der Waals surface area contributed by atoms with E-state index in [0.29, 0.717) is 0 Å². The summed E-state index contributed by atoms with van der Waals surface area (Å²) < 4.78 is 12.9. The van der Waals surface area contributed by atoms with Gasteiger partial charge in [-0.1, -0.05) is 6.07 Å². The van der Waals surface area contributed by atoms with E-state index < -0.39 is 0 Å². The van der Waals surface area contributed by atoms with Gasteiger partial charge in [-0.15, -0.1) is 10.2 Å². The van der Waals surface area contributed by atoms with Crippen molar-refractivity contribution in [2.45, 2.75) is 45.3 Å². The van der Waals surface area contributed by atoms with Crippen LogP contribution < -0.4 is 14.8 Å². The molecule has 0 spiro atoms. The van der Waals surface area contributed by atoms with Crippen molar-refractivity contribution in [2.24, 2.45) is 5.92 Å². The van der Waals surface area contributed by atoms with Crippen LogP contribution in [0.4, 0.5) is 0 Å². The van der Waals surface area contributed by atoms with Gasteiger partial charge in [-0.05, 0) is 37.5 Å². The first-order chi connectivity index (χ1) is 14.1. The molecule has 1 aromatic carbocycles. The van der Waals surface area contributed by atoms with Crippen LogP contribution in [0.25, 0.3) is 0 Å². The molecule has 156 valence electrons. The van der Waals surface area contributed by atoms with E-state index in [4.69, 9.17) is 9.47 Å². The molecule has 1 N–H and O–H groups in total. The maximum absolute atomic E-state index is 12.1. The lowest BCUT2D eigenvalue weighted by molar-refractivity contribution is -0.123. The van der Waals surface area contributed by atoms with Gasteiger partial charge in [-0.3, -0.25) is 9.69 Å². The molecule has 1 aliphatic carbocycles. The predicted octanol–water partition coefficient (Wildman–Crippen LogP) is 1.94. The van der Waals surface area contributed by atoms with E-state index in [1.54, 1.807) is 14.2 Å². The number of ether oxygens (including phenoxy) is 2. The highest BCUT2D eigenvalue weighted by Crippen LogP contribution is 2.30. The van der Waals surface area contributed by atoms with Crippen LogP contribution in [0.1, 0.15) is 43.0 Å². The van der Waals surface area contributed by atoms with Gasteiger partial charge in [0.05, 0.1) is 20.3 Å². The molecule has 4 rings (SSSR count). The summed E-state index contributed by atoms with van der Waals surface area (Å²) in [5, 5.41) is 11.9. The number of amides is 1. The molecule has 2 heterocycles. The van der Waals surface area contributed by atoms with Gasteiger partial charge in [-0.2, -0.15) is 0 Å². The molecule has 8 nitrogen and oxygen atoms in total. The van der Waals surface area contributed by atoms with Crippen LogP contribution in [-0.2, 0) is 24.3 Å². The molecule has 1 aromatic heterocycles. The highest BCUT2D eigenvalue weighted by atomic mass is 16.5. The minimum Gasteiger partial charge on any atom is -0.493 e. The quantitative estimate of drug-likeness (QED) is 0.766. The molecule has 2 aromatic rings. The summed E-state index contributed by atoms with van der Waals surface area (Å²) in [5.74, 6) is 3.66. The van der Waals surface area contributed by atoms with Crippen molar-refractivity contribution < 1.29 is 14.3 Å². The predicted molar refractivity (Wildman–Crippen MR) is 108 cm³/mol. The number of benzene rings is 1. The smallest absolute Gasteiger partial charge is 0.223 e. The zero-order chi connectivity index (χ0) is 20.4. The third-order valence-electron chi connectivity index (χ3n) is 5.70. The molecule has 0 bridgehead atoms. The molecule has 1 amide bonds. The standard InChI is InChI=1S/C21H29N5O3/c1-14(22-21(27)16-5-6-16)20-24-23-19-8-9-25(10-11-26(19)20)13-15-4-7-17(28-2)18(12-15)29-3/h4,7,12,14,16H,5-6,8-11,13H2,1-3H3,(H,22,27). The summed E-state index contributed by atoms with van der Waals surface area (Å²) in [4.78, 5) is 14.5. The lowest BCUT2D eigenvalue weighted by Gasteiger charge is -2.21. The van der Waals surface area contributed by atoms with Gasteiger partial charge in [0.25, 0.3) is 0 Å². The number of methoxy groups -OCH3 is 2. The van der Waals surface area contributed by atoms with E-state index in [1.807, 2.05) is 19.1 Å². The minimum atomic E-state index is -0.123. The van der Waals surface area contributed by atoms with Crippen molar-refractivity contribution in [1.29, 1.82) is 0 Å². The fourth-order valence-corrected chi connectivity index (χ4v) is 3.85. The van der Waals surface area contributed by atoms with E-state index in [1.165, 1.54) is 5.56 Å². The van der Waals surface area contributed by atoms with E-state index in [0.717, 1.165) is 68.6 Å². The maximum Gasteiger partial charge on any atom is 0.223 e. The second kappa shape index (κ2) is 8.41. The second-order valence-electron chi connectivity index (χ2n) is 7.85. The number of carbonyl (C=O) groups excluding carboxylic acids is 1. The molecule has 2 aliphatic rings. The van der Waals surface area contributed by atoms with Crippen molar-refractivity contribution in [3.05, 3.63) is 35.4 Å². The van der Waals surface area contributed by atoms with E-state index in [9.17, 15) is 4.79 Å². The molecular weight excluding hydrogens is 370 g/mol. The Kier molecular flexibility index (Phi) is 5.71. The summed E-state index contributed by atoms with van der Waals surface area (Å²) >= 11 is 0. The van der Waals surface area contributed by atoms with Crippen LogP contribution in [0.15, 0.2) is 18.2 Å². The average molecular weight is 399 g/mol. The molecule has 1 aliphatic heterocycles. The Morgan fingerprint density at radius 2 is 1.97 bits per heavy atom. The number of hydrogen-bond donors (Lipinski definition) is 1. The Hall–Kier alpha value is -2.61. The first kappa shape index (κ1) is 19.7. The van der Waals surface area contributed by atoms with Crippen LogP contribution in [0.5, 0.6) is 11.5 Å². The molecule has 0 saturated heterocycles. The number of carbonyl (C=O) groups is 1. The largest absolute Gasteiger partial charge is 0.493 e. The van der Waals surface area contributed by atoms with Crippen LogP contribution in [0, 0.1) is 5.92 Å². The highest BCUT2D eigenvalue weighted by Gasteiger charge is 2.31. The number of fused-ring (bicyclic) bond motifs is 1. The third-order valence-corrected chi connectivity index (χ3v) is 5.70. The zero-order valence-electron chi connectivity index (χ0n) is 17.4. The van der Waals surface area contributed by atoms with Crippen LogP contribution >= 0.6 is 0 Å². The lowest BCUT2D eigenvalue weighted by atomic mass is 10.2. The van der Waals surface area contributed by atoms with Gasteiger partial charge in [0.2, 0.25) is 5.91 Å². The Balaban J connectivity index is 1.41. The molecule has 1 fully saturated rings. The Morgan fingerprint density at radius 3 is 2.69 bits per heavy atom. The average Bonchev–Trinajstić information content (AvgIpc) is 3.53. The van der Waals surface area contributed by atoms with E-state index >= 15 is 0 Å². The van der Waals surface area contributed by atoms with Crippen LogP contribution in [0.3, 0.4) is 0 Å². The van der Waals surface area contributed by atoms with Crippen molar-refractivity contribution in [3.8, 4) is 11.5 Å². The highest BCUT2D eigenvalue weighted by molar-refractivity contribution is 5.81. The minimum absolute atomic E-state index is 0.123. The van der Waals surface area contributed by atoms with Crippen LogP contribution in [0.2, 0.25) is 0 Å². The Labute approximate surface area is 171 Å². The number of aromatic nitrogens is 3. The molecule has 1 unspecified atom stereocenters. The van der Waals surface area contributed by atoms with Gasteiger partial charge in [0.1, 0.15) is 5.82 Å². The van der Waals surface area contributed by atoms with Crippen molar-refractivity contribution >= 4 is 5.91 Å². The third kappa shape index (κ3) is 4.37. The van der Waals surface area contributed by atoms with Crippen molar-refractivity contribution in [3.63, 3.8) is 0 Å². The molecule has 8 heteroatoms. The zero-order valence-corrected chi connectivity index (χ0v) is 17.4. The summed E-state index contributed by atoms with van der Waals surface area (Å²) in [6, 6.07) is 5.93. The molecule has 0 radical (unpaired) electrons. The van der Waals surface area contributed by atoms with Crippen molar-refractivity contribution in [2.75, 3.05) is 27.3 Å².